The van der Waals surface area contributed by atoms with E-state index in [1.54, 1.807) is 0 Å². The van der Waals surface area contributed by atoms with Gasteiger partial charge in [0.25, 0.3) is 0 Å². The molecule has 20 heavy (non-hydrogen) atoms. The molecule has 0 amide bonds. The third-order valence-corrected chi connectivity index (χ3v) is 3.89. The lowest BCUT2D eigenvalue weighted by atomic mass is 10.0. The zero-order valence-corrected chi connectivity index (χ0v) is 12.7. The van der Waals surface area contributed by atoms with Crippen LogP contribution in [0.5, 0.6) is 0 Å². The molecule has 0 aliphatic heterocycles. The van der Waals surface area contributed by atoms with E-state index in [1.165, 1.54) is 25.7 Å². The zero-order chi connectivity index (χ0) is 15.0. The van der Waals surface area contributed by atoms with Gasteiger partial charge in [0.2, 0.25) is 0 Å². The molecular weight excluding hydrogens is 285 g/mol. The molecule has 1 aromatic rings. The van der Waals surface area contributed by atoms with Gasteiger partial charge in [-0.25, -0.2) is 13.2 Å². The van der Waals surface area contributed by atoms with Crippen molar-refractivity contribution >= 4 is 11.6 Å². The second kappa shape index (κ2) is 9.28. The number of unbranched alkanes of at least 4 members (excludes halogenated alkanes) is 6. The largest absolute Gasteiger partial charge is 0.207 e. The van der Waals surface area contributed by atoms with Gasteiger partial charge in [0.1, 0.15) is 5.82 Å². The van der Waals surface area contributed by atoms with E-state index >= 15 is 0 Å². The summed E-state index contributed by atoms with van der Waals surface area (Å²) in [7, 11) is 0. The monoisotopic (exact) mass is 306 g/mol. The summed E-state index contributed by atoms with van der Waals surface area (Å²) in [5.41, 5.74) is 0.0524. The third-order valence-electron chi connectivity index (χ3n) is 3.44. The molecule has 0 spiro atoms. The third kappa shape index (κ3) is 5.74. The second-order valence-corrected chi connectivity index (χ2v) is 5.69. The lowest BCUT2D eigenvalue weighted by Gasteiger charge is -2.11. The van der Waals surface area contributed by atoms with E-state index in [0.29, 0.717) is 12.5 Å². The minimum atomic E-state index is -1.17. The van der Waals surface area contributed by atoms with E-state index in [-0.39, 0.29) is 5.56 Å². The molecule has 114 valence electrons. The Hall–Kier alpha value is -0.700. The average molecular weight is 307 g/mol. The van der Waals surface area contributed by atoms with Crippen LogP contribution in [0.25, 0.3) is 0 Å². The van der Waals surface area contributed by atoms with Crippen molar-refractivity contribution in [2.45, 2.75) is 63.7 Å². The molecule has 0 saturated carbocycles. The number of benzene rings is 1. The highest BCUT2D eigenvalue weighted by atomic mass is 35.5. The maximum atomic E-state index is 13.5. The summed E-state index contributed by atoms with van der Waals surface area (Å²) in [6.45, 7) is 2.18. The average Bonchev–Trinajstić information content (AvgIpc) is 2.41. The Labute approximate surface area is 124 Å². The molecule has 1 aromatic carbocycles. The van der Waals surface area contributed by atoms with Crippen LogP contribution in [0.4, 0.5) is 13.2 Å². The maximum absolute atomic E-state index is 13.5. The summed E-state index contributed by atoms with van der Waals surface area (Å²) in [5, 5.41) is -0.597. The first kappa shape index (κ1) is 17.4. The molecule has 0 nitrogen and oxygen atoms in total. The first-order chi connectivity index (χ1) is 9.56. The Morgan fingerprint density at radius 1 is 0.850 bits per heavy atom. The summed E-state index contributed by atoms with van der Waals surface area (Å²) in [5.74, 6) is -3.00. The van der Waals surface area contributed by atoms with E-state index in [4.69, 9.17) is 11.6 Å². The van der Waals surface area contributed by atoms with Gasteiger partial charge in [-0.2, -0.15) is 0 Å². The van der Waals surface area contributed by atoms with Crippen molar-refractivity contribution in [2.24, 2.45) is 0 Å². The fourth-order valence-electron chi connectivity index (χ4n) is 2.21. The van der Waals surface area contributed by atoms with Crippen LogP contribution in [-0.2, 0) is 0 Å². The van der Waals surface area contributed by atoms with Gasteiger partial charge in [-0.15, -0.1) is 11.6 Å². The van der Waals surface area contributed by atoms with Crippen LogP contribution in [0.2, 0.25) is 0 Å². The molecular formula is C16H22ClF3. The fraction of sp³-hybridized carbons (Fsp3) is 0.625. The number of halogens is 4. The van der Waals surface area contributed by atoms with E-state index in [9.17, 15) is 13.2 Å². The van der Waals surface area contributed by atoms with Gasteiger partial charge in [0.15, 0.2) is 11.6 Å². The van der Waals surface area contributed by atoms with Gasteiger partial charge >= 0.3 is 0 Å². The molecule has 0 N–H and O–H groups in total. The summed E-state index contributed by atoms with van der Waals surface area (Å²) in [4.78, 5) is 0. The lowest BCUT2D eigenvalue weighted by Crippen LogP contribution is -1.99. The van der Waals surface area contributed by atoms with Crippen molar-refractivity contribution in [1.82, 2.24) is 0 Å². The van der Waals surface area contributed by atoms with Gasteiger partial charge in [-0.3, -0.25) is 0 Å². The second-order valence-electron chi connectivity index (χ2n) is 5.17. The molecule has 0 aliphatic carbocycles. The standard InChI is InChI=1S/C16H22ClF3/c1-2-3-4-5-6-7-8-9-13(17)12-10-15(19)16(20)11-14(12)18/h10-11,13H,2-9H2,1H3. The fourth-order valence-corrected chi connectivity index (χ4v) is 2.54. The minimum Gasteiger partial charge on any atom is -0.207 e. The molecule has 1 unspecified atom stereocenters. The highest BCUT2D eigenvalue weighted by Crippen LogP contribution is 2.30. The van der Waals surface area contributed by atoms with Gasteiger partial charge in [-0.1, -0.05) is 51.9 Å². The Bertz CT molecular complexity index is 407. The van der Waals surface area contributed by atoms with Crippen LogP contribution in [0.15, 0.2) is 12.1 Å². The maximum Gasteiger partial charge on any atom is 0.161 e. The van der Waals surface area contributed by atoms with E-state index in [0.717, 1.165) is 25.3 Å². The Kier molecular flexibility index (Phi) is 8.05. The highest BCUT2D eigenvalue weighted by Gasteiger charge is 2.16. The molecule has 1 atom stereocenters. The van der Waals surface area contributed by atoms with Crippen molar-refractivity contribution in [2.75, 3.05) is 0 Å². The van der Waals surface area contributed by atoms with Crippen molar-refractivity contribution in [3.63, 3.8) is 0 Å². The van der Waals surface area contributed by atoms with Crippen molar-refractivity contribution < 1.29 is 13.2 Å². The molecule has 0 aromatic heterocycles. The number of rotatable bonds is 9. The van der Waals surface area contributed by atoms with Crippen LogP contribution < -0.4 is 0 Å². The van der Waals surface area contributed by atoms with Crippen LogP contribution in [0.1, 0.15) is 69.2 Å². The summed E-state index contributed by atoms with van der Waals surface area (Å²) in [6.07, 6.45) is 8.58. The van der Waals surface area contributed by atoms with Gasteiger partial charge in [0.05, 0.1) is 5.38 Å². The van der Waals surface area contributed by atoms with Crippen molar-refractivity contribution in [3.8, 4) is 0 Å². The molecule has 4 heteroatoms. The Balaban J connectivity index is 2.32. The molecule has 0 saturated heterocycles. The van der Waals surface area contributed by atoms with Crippen LogP contribution in [-0.4, -0.2) is 0 Å². The summed E-state index contributed by atoms with van der Waals surface area (Å²) in [6, 6.07) is 1.42. The topological polar surface area (TPSA) is 0 Å². The van der Waals surface area contributed by atoms with E-state index < -0.39 is 22.8 Å². The van der Waals surface area contributed by atoms with Crippen LogP contribution >= 0.6 is 11.6 Å². The van der Waals surface area contributed by atoms with Crippen molar-refractivity contribution in [3.05, 3.63) is 35.1 Å². The normalized spacial score (nSPS) is 12.7. The SMILES string of the molecule is CCCCCCCCCC(Cl)c1cc(F)c(F)cc1F. The molecule has 0 bridgehead atoms. The molecule has 0 aliphatic rings. The predicted octanol–water partition coefficient (Wildman–Crippen LogP) is 6.52. The smallest absolute Gasteiger partial charge is 0.161 e. The first-order valence-electron chi connectivity index (χ1n) is 7.34. The number of hydrogen-bond donors (Lipinski definition) is 0. The Morgan fingerprint density at radius 2 is 1.40 bits per heavy atom. The Morgan fingerprint density at radius 3 is 2.05 bits per heavy atom. The zero-order valence-electron chi connectivity index (χ0n) is 11.9. The molecule has 0 heterocycles. The van der Waals surface area contributed by atoms with Crippen molar-refractivity contribution in [1.29, 1.82) is 0 Å². The van der Waals surface area contributed by atoms with E-state index in [2.05, 4.69) is 6.92 Å². The predicted molar refractivity (Wildman–Crippen MR) is 77.5 cm³/mol. The van der Waals surface area contributed by atoms with Gasteiger partial charge in [0, 0.05) is 11.6 Å². The number of hydrogen-bond acceptors (Lipinski definition) is 0. The minimum absolute atomic E-state index is 0.0524. The quantitative estimate of drug-likeness (QED) is 0.276. The lowest BCUT2D eigenvalue weighted by molar-refractivity contribution is 0.486. The van der Waals surface area contributed by atoms with Crippen LogP contribution in [0, 0.1) is 17.5 Å². The molecule has 0 fully saturated rings. The molecule has 0 radical (unpaired) electrons. The van der Waals surface area contributed by atoms with Crippen LogP contribution in [0.3, 0.4) is 0 Å². The van der Waals surface area contributed by atoms with Gasteiger partial charge in [-0.05, 0) is 12.5 Å². The number of alkyl halides is 1. The summed E-state index contributed by atoms with van der Waals surface area (Å²) >= 11 is 6.07. The van der Waals surface area contributed by atoms with Gasteiger partial charge < -0.3 is 0 Å². The summed E-state index contributed by atoms with van der Waals surface area (Å²) < 4.78 is 39.4. The molecule has 1 rings (SSSR count). The van der Waals surface area contributed by atoms with E-state index in [1.807, 2.05) is 0 Å². The highest BCUT2D eigenvalue weighted by molar-refractivity contribution is 6.20. The first-order valence-corrected chi connectivity index (χ1v) is 7.78.